The van der Waals surface area contributed by atoms with Crippen LogP contribution in [0.5, 0.6) is 5.75 Å². The molecule has 7 nitrogen and oxygen atoms in total. The molecule has 0 saturated carbocycles. The van der Waals surface area contributed by atoms with Crippen LogP contribution in [0.25, 0.3) is 11.0 Å². The molecule has 1 aromatic heterocycles. The number of hydrogen-bond donors (Lipinski definition) is 1. The van der Waals surface area contributed by atoms with Gasteiger partial charge in [0.05, 0.1) is 22.6 Å². The van der Waals surface area contributed by atoms with Gasteiger partial charge >= 0.3 is 6.18 Å². The summed E-state index contributed by atoms with van der Waals surface area (Å²) in [5.41, 5.74) is 0.404. The van der Waals surface area contributed by atoms with E-state index in [1.165, 1.54) is 37.8 Å². The topological polar surface area (TPSA) is 88.8 Å². The van der Waals surface area contributed by atoms with Crippen molar-refractivity contribution in [2.45, 2.75) is 83.2 Å². The Morgan fingerprint density at radius 3 is 2.06 bits per heavy atom. The number of nitrogens with one attached hydrogen (secondary N) is 1. The van der Waals surface area contributed by atoms with Gasteiger partial charge in [0.2, 0.25) is 0 Å². The molecule has 3 aromatic carbocycles. The highest BCUT2D eigenvalue weighted by atomic mass is 32.2. The Kier molecular flexibility index (Phi) is 13.1. The van der Waals surface area contributed by atoms with E-state index in [1.807, 2.05) is 6.92 Å². The number of fused-ring (bicyclic) bond motifs is 1. The van der Waals surface area contributed by atoms with Gasteiger partial charge in [-0.25, -0.2) is 8.42 Å². The molecule has 260 valence electrons. The number of unbranched alkanes of at least 4 members (excludes halogenated alkanes) is 3. The zero-order chi connectivity index (χ0) is 34.7. The molecule has 0 fully saturated rings. The van der Waals surface area contributed by atoms with E-state index >= 15 is 0 Å². The van der Waals surface area contributed by atoms with Crippen LogP contribution in [0.2, 0.25) is 0 Å². The monoisotopic (exact) mass is 686 g/mol. The average Bonchev–Trinajstić information content (AvgIpc) is 3.43. The molecule has 0 unspecified atom stereocenters. The number of ketones is 1. The first-order chi connectivity index (χ1) is 23.0. The van der Waals surface area contributed by atoms with E-state index < -0.39 is 21.8 Å². The number of anilines is 1. The number of nitrogens with zero attached hydrogens (tertiary/aromatic N) is 1. The van der Waals surface area contributed by atoms with Crippen LogP contribution in [-0.4, -0.2) is 45.3 Å². The quantitative estimate of drug-likeness (QED) is 0.0781. The van der Waals surface area contributed by atoms with E-state index in [9.17, 15) is 26.4 Å². The second kappa shape index (κ2) is 17.0. The molecule has 0 aliphatic rings. The fraction of sp³-hybridized carbons (Fsp3) is 0.432. The number of carbonyl (C=O) groups is 1. The molecule has 4 aromatic rings. The minimum atomic E-state index is -4.59. The number of benzene rings is 3. The number of halogens is 3. The summed E-state index contributed by atoms with van der Waals surface area (Å²) in [6.45, 7) is 10.2. The van der Waals surface area contributed by atoms with Crippen molar-refractivity contribution in [3.8, 4) is 5.75 Å². The van der Waals surface area contributed by atoms with Crippen molar-refractivity contribution in [3.63, 3.8) is 0 Å². The maximum atomic E-state index is 13.9. The molecular formula is C37H45F3N2O5S. The number of carbonyl (C=O) groups excluding carboxylic acids is 1. The van der Waals surface area contributed by atoms with Crippen molar-refractivity contribution in [2.75, 3.05) is 31.0 Å². The van der Waals surface area contributed by atoms with Gasteiger partial charge in [-0.1, -0.05) is 40.0 Å². The van der Waals surface area contributed by atoms with Gasteiger partial charge in [0.15, 0.2) is 5.78 Å². The second-order valence-electron chi connectivity index (χ2n) is 11.9. The predicted molar refractivity (Wildman–Crippen MR) is 183 cm³/mol. The third kappa shape index (κ3) is 9.85. The highest BCUT2D eigenvalue weighted by Crippen LogP contribution is 2.33. The van der Waals surface area contributed by atoms with Gasteiger partial charge < -0.3 is 14.1 Å². The number of furan rings is 1. The van der Waals surface area contributed by atoms with Crippen LogP contribution in [0, 0.1) is 0 Å². The second-order valence-corrected chi connectivity index (χ2v) is 13.6. The Morgan fingerprint density at radius 2 is 1.46 bits per heavy atom. The molecule has 0 atom stereocenters. The van der Waals surface area contributed by atoms with Crippen molar-refractivity contribution in [2.24, 2.45) is 0 Å². The largest absolute Gasteiger partial charge is 0.494 e. The van der Waals surface area contributed by atoms with E-state index in [0.717, 1.165) is 63.2 Å². The van der Waals surface area contributed by atoms with Crippen molar-refractivity contribution in [1.29, 1.82) is 0 Å². The normalized spacial score (nSPS) is 12.1. The van der Waals surface area contributed by atoms with Crippen LogP contribution >= 0.6 is 0 Å². The third-order valence-electron chi connectivity index (χ3n) is 8.15. The van der Waals surface area contributed by atoms with E-state index in [1.54, 1.807) is 30.3 Å². The SMILES string of the molecule is CCCCc1oc2ccc(NS(=O)(=O)c3ccc(C(F)(F)F)cc3)cc2c1C(=O)c1ccc(OCCCN(CCCC)CCCC)cc1. The minimum absolute atomic E-state index is 0.144. The van der Waals surface area contributed by atoms with Crippen LogP contribution in [0.1, 0.15) is 93.0 Å². The Morgan fingerprint density at radius 1 is 0.833 bits per heavy atom. The maximum absolute atomic E-state index is 13.9. The summed E-state index contributed by atoms with van der Waals surface area (Å²) < 4.78 is 79.5. The van der Waals surface area contributed by atoms with Gasteiger partial charge in [-0.05, 0) is 106 Å². The summed E-state index contributed by atoms with van der Waals surface area (Å²) in [4.78, 5) is 16.1. The Balaban J connectivity index is 1.50. The van der Waals surface area contributed by atoms with Crippen molar-refractivity contribution in [1.82, 2.24) is 4.90 Å². The lowest BCUT2D eigenvalue weighted by molar-refractivity contribution is -0.137. The molecule has 1 N–H and O–H groups in total. The molecule has 0 aliphatic carbocycles. The summed E-state index contributed by atoms with van der Waals surface area (Å²) in [7, 11) is -4.21. The Labute approximate surface area is 281 Å². The summed E-state index contributed by atoms with van der Waals surface area (Å²) in [6.07, 6.45) is 3.22. The first-order valence-corrected chi connectivity index (χ1v) is 18.2. The lowest BCUT2D eigenvalue weighted by Gasteiger charge is -2.21. The number of alkyl halides is 3. The fourth-order valence-electron chi connectivity index (χ4n) is 5.44. The van der Waals surface area contributed by atoms with Gasteiger partial charge in [0, 0.05) is 29.6 Å². The summed E-state index contributed by atoms with van der Waals surface area (Å²) >= 11 is 0. The van der Waals surface area contributed by atoms with Crippen LogP contribution in [0.15, 0.2) is 76.0 Å². The van der Waals surface area contributed by atoms with Crippen molar-refractivity contribution in [3.05, 3.63) is 89.2 Å². The fourth-order valence-corrected chi connectivity index (χ4v) is 6.48. The summed E-state index contributed by atoms with van der Waals surface area (Å²) in [6, 6.07) is 14.8. The van der Waals surface area contributed by atoms with Gasteiger partial charge in [0.25, 0.3) is 10.0 Å². The van der Waals surface area contributed by atoms with Crippen LogP contribution in [-0.2, 0) is 22.6 Å². The molecule has 1 heterocycles. The highest BCUT2D eigenvalue weighted by Gasteiger charge is 2.31. The molecule has 0 bridgehead atoms. The Hall–Kier alpha value is -3.83. The number of ether oxygens (including phenoxy) is 1. The predicted octanol–water partition coefficient (Wildman–Crippen LogP) is 9.50. The number of sulfonamides is 1. The van der Waals surface area contributed by atoms with E-state index in [-0.39, 0.29) is 16.4 Å². The molecule has 4 rings (SSSR count). The maximum Gasteiger partial charge on any atom is 0.416 e. The third-order valence-corrected chi connectivity index (χ3v) is 9.55. The Bertz CT molecular complexity index is 1730. The summed E-state index contributed by atoms with van der Waals surface area (Å²) in [5, 5.41) is 0.440. The van der Waals surface area contributed by atoms with Gasteiger partial charge in [-0.15, -0.1) is 0 Å². The standard InChI is InChI=1S/C37H45F3N2O5S/c1-4-7-11-34-35(36(43)27-12-17-30(18-13-27)46-25-10-24-42(22-8-5-2)23-9-6-3)32-26-29(16-21-33(32)47-34)41-48(44,45)31-19-14-28(15-20-31)37(38,39)40/h12-21,26,41H,4-11,22-25H2,1-3H3. The highest BCUT2D eigenvalue weighted by molar-refractivity contribution is 7.92. The van der Waals surface area contributed by atoms with E-state index in [0.29, 0.717) is 46.6 Å². The minimum Gasteiger partial charge on any atom is -0.494 e. The molecule has 0 saturated heterocycles. The lowest BCUT2D eigenvalue weighted by Crippen LogP contribution is -2.28. The number of aryl methyl sites for hydroxylation is 1. The number of rotatable bonds is 19. The zero-order valence-electron chi connectivity index (χ0n) is 27.9. The molecule has 0 amide bonds. The van der Waals surface area contributed by atoms with Gasteiger partial charge in [-0.3, -0.25) is 9.52 Å². The summed E-state index contributed by atoms with van der Waals surface area (Å²) in [5.74, 6) is 0.913. The van der Waals surface area contributed by atoms with E-state index in [2.05, 4.69) is 23.5 Å². The molecule has 48 heavy (non-hydrogen) atoms. The molecule has 0 spiro atoms. The average molecular weight is 687 g/mol. The lowest BCUT2D eigenvalue weighted by atomic mass is 9.98. The first-order valence-electron chi connectivity index (χ1n) is 16.7. The molecule has 0 aliphatic heterocycles. The van der Waals surface area contributed by atoms with Crippen LogP contribution in [0.4, 0.5) is 18.9 Å². The molecule has 11 heteroatoms. The van der Waals surface area contributed by atoms with Crippen molar-refractivity contribution < 1.29 is 35.5 Å². The van der Waals surface area contributed by atoms with Crippen LogP contribution < -0.4 is 9.46 Å². The van der Waals surface area contributed by atoms with Gasteiger partial charge in [-0.2, -0.15) is 13.2 Å². The van der Waals surface area contributed by atoms with Gasteiger partial charge in [0.1, 0.15) is 17.1 Å². The molecular weight excluding hydrogens is 641 g/mol. The first kappa shape index (κ1) is 37.0. The smallest absolute Gasteiger partial charge is 0.416 e. The van der Waals surface area contributed by atoms with Crippen LogP contribution in [0.3, 0.4) is 0 Å². The molecule has 0 radical (unpaired) electrons. The number of hydrogen-bond acceptors (Lipinski definition) is 6. The zero-order valence-corrected chi connectivity index (χ0v) is 28.7. The van der Waals surface area contributed by atoms with E-state index in [4.69, 9.17) is 9.15 Å². The van der Waals surface area contributed by atoms with Crippen molar-refractivity contribution >= 4 is 32.5 Å².